The van der Waals surface area contributed by atoms with Gasteiger partial charge in [0.25, 0.3) is 0 Å². The Hall–Kier alpha value is -0.340. The molecule has 3 heteroatoms. The molecular formula is C14H20ClNS. The first-order valence-corrected chi connectivity index (χ1v) is 7.68. The van der Waals surface area contributed by atoms with Crippen molar-refractivity contribution in [3.05, 3.63) is 23.2 Å². The number of anilines is 1. The Labute approximate surface area is 113 Å². The lowest BCUT2D eigenvalue weighted by Crippen LogP contribution is -2.21. The molecule has 94 valence electrons. The normalized spacial score (nSPS) is 24.8. The second kappa shape index (κ2) is 6.01. The van der Waals surface area contributed by atoms with Crippen molar-refractivity contribution in [3.8, 4) is 0 Å². The van der Waals surface area contributed by atoms with Crippen LogP contribution in [0.2, 0.25) is 5.02 Å². The van der Waals surface area contributed by atoms with Gasteiger partial charge in [-0.1, -0.05) is 43.9 Å². The van der Waals surface area contributed by atoms with Crippen LogP contribution < -0.4 is 5.73 Å². The molecule has 0 bridgehead atoms. The van der Waals surface area contributed by atoms with Crippen LogP contribution in [-0.2, 0) is 0 Å². The largest absolute Gasteiger partial charge is 0.398 e. The molecular weight excluding hydrogens is 250 g/mol. The Kier molecular flexibility index (Phi) is 4.63. The molecule has 0 saturated heterocycles. The number of thioether (sulfide) groups is 1. The summed E-state index contributed by atoms with van der Waals surface area (Å²) >= 11 is 8.13. The smallest absolute Gasteiger partial charge is 0.0562 e. The number of hydrogen-bond donors (Lipinski definition) is 1. The monoisotopic (exact) mass is 269 g/mol. The van der Waals surface area contributed by atoms with Crippen molar-refractivity contribution in [2.75, 3.05) is 5.73 Å². The standard InChI is InChI=1S/C14H20ClNS/c1-2-10-6-3-4-9-13(10)17-14-11(15)7-5-8-12(14)16/h5,7-8,10,13H,2-4,6,9,16H2,1H3. The summed E-state index contributed by atoms with van der Waals surface area (Å²) in [5, 5.41) is 1.49. The first kappa shape index (κ1) is 13.1. The van der Waals surface area contributed by atoms with E-state index in [0.717, 1.165) is 21.5 Å². The Balaban J connectivity index is 2.13. The SMILES string of the molecule is CCC1CCCCC1Sc1c(N)cccc1Cl. The van der Waals surface area contributed by atoms with E-state index in [2.05, 4.69) is 6.92 Å². The van der Waals surface area contributed by atoms with Crippen LogP contribution in [0.4, 0.5) is 5.69 Å². The highest BCUT2D eigenvalue weighted by atomic mass is 35.5. The zero-order chi connectivity index (χ0) is 12.3. The lowest BCUT2D eigenvalue weighted by Gasteiger charge is -2.30. The third kappa shape index (κ3) is 3.11. The van der Waals surface area contributed by atoms with Crippen molar-refractivity contribution in [1.29, 1.82) is 0 Å². The van der Waals surface area contributed by atoms with E-state index >= 15 is 0 Å². The summed E-state index contributed by atoms with van der Waals surface area (Å²) in [6.07, 6.45) is 6.65. The van der Waals surface area contributed by atoms with Crippen molar-refractivity contribution in [3.63, 3.8) is 0 Å². The molecule has 2 rings (SSSR count). The van der Waals surface area contributed by atoms with Gasteiger partial charge in [-0.15, -0.1) is 11.8 Å². The van der Waals surface area contributed by atoms with Gasteiger partial charge in [-0.25, -0.2) is 0 Å². The molecule has 1 fully saturated rings. The number of nitrogen functional groups attached to an aromatic ring is 1. The molecule has 0 radical (unpaired) electrons. The quantitative estimate of drug-likeness (QED) is 0.783. The van der Waals surface area contributed by atoms with Gasteiger partial charge >= 0.3 is 0 Å². The van der Waals surface area contributed by atoms with Crippen molar-refractivity contribution in [2.24, 2.45) is 5.92 Å². The van der Waals surface area contributed by atoms with Gasteiger partial charge in [-0.3, -0.25) is 0 Å². The summed E-state index contributed by atoms with van der Waals surface area (Å²) in [4.78, 5) is 1.08. The fraction of sp³-hybridized carbons (Fsp3) is 0.571. The summed E-state index contributed by atoms with van der Waals surface area (Å²) in [6, 6.07) is 5.79. The maximum atomic E-state index is 6.24. The predicted octanol–water partition coefficient (Wildman–Crippen LogP) is 4.98. The maximum absolute atomic E-state index is 6.24. The molecule has 1 aliphatic rings. The van der Waals surface area contributed by atoms with Gasteiger partial charge in [0.15, 0.2) is 0 Å². The van der Waals surface area contributed by atoms with Gasteiger partial charge in [0, 0.05) is 15.8 Å². The summed E-state index contributed by atoms with van der Waals surface area (Å²) in [5.41, 5.74) is 6.84. The fourth-order valence-electron chi connectivity index (χ4n) is 2.60. The first-order valence-electron chi connectivity index (χ1n) is 6.43. The van der Waals surface area contributed by atoms with Crippen LogP contribution in [0.1, 0.15) is 39.0 Å². The Morgan fingerprint density at radius 3 is 2.82 bits per heavy atom. The minimum atomic E-state index is 0.691. The Morgan fingerprint density at radius 2 is 2.12 bits per heavy atom. The van der Waals surface area contributed by atoms with Gasteiger partial charge in [-0.2, -0.15) is 0 Å². The molecule has 0 aromatic heterocycles. The van der Waals surface area contributed by atoms with Gasteiger partial charge < -0.3 is 5.73 Å². The van der Waals surface area contributed by atoms with Crippen molar-refractivity contribution < 1.29 is 0 Å². The van der Waals surface area contributed by atoms with Crippen LogP contribution in [-0.4, -0.2) is 5.25 Å². The molecule has 1 saturated carbocycles. The Morgan fingerprint density at radius 1 is 1.35 bits per heavy atom. The van der Waals surface area contributed by atoms with E-state index in [1.54, 1.807) is 0 Å². The van der Waals surface area contributed by atoms with E-state index in [4.69, 9.17) is 17.3 Å². The van der Waals surface area contributed by atoms with Gasteiger partial charge in [0.05, 0.1) is 5.02 Å². The van der Waals surface area contributed by atoms with Crippen molar-refractivity contribution in [2.45, 2.75) is 49.2 Å². The lowest BCUT2D eigenvalue weighted by molar-refractivity contribution is 0.361. The number of hydrogen-bond acceptors (Lipinski definition) is 2. The molecule has 0 amide bonds. The molecule has 1 aliphatic carbocycles. The first-order chi connectivity index (χ1) is 8.22. The number of benzene rings is 1. The number of nitrogens with two attached hydrogens (primary N) is 1. The van der Waals surface area contributed by atoms with Crippen molar-refractivity contribution in [1.82, 2.24) is 0 Å². The van der Waals surface area contributed by atoms with E-state index < -0.39 is 0 Å². The van der Waals surface area contributed by atoms with E-state index in [0.29, 0.717) is 5.25 Å². The van der Waals surface area contributed by atoms with Crippen LogP contribution in [0.25, 0.3) is 0 Å². The topological polar surface area (TPSA) is 26.0 Å². The molecule has 1 aromatic rings. The minimum Gasteiger partial charge on any atom is -0.398 e. The van der Waals surface area contributed by atoms with E-state index in [-0.39, 0.29) is 0 Å². The van der Waals surface area contributed by atoms with Crippen LogP contribution >= 0.6 is 23.4 Å². The molecule has 0 heterocycles. The predicted molar refractivity (Wildman–Crippen MR) is 77.8 cm³/mol. The van der Waals surface area contributed by atoms with Crippen LogP contribution in [0, 0.1) is 5.92 Å². The van der Waals surface area contributed by atoms with Crippen molar-refractivity contribution >= 4 is 29.1 Å². The van der Waals surface area contributed by atoms with Crippen LogP contribution in [0.15, 0.2) is 23.1 Å². The van der Waals surface area contributed by atoms with Crippen LogP contribution in [0.5, 0.6) is 0 Å². The zero-order valence-electron chi connectivity index (χ0n) is 10.3. The molecule has 2 unspecified atom stereocenters. The number of halogens is 1. The molecule has 0 aliphatic heterocycles. The second-order valence-corrected chi connectivity index (χ2v) is 6.42. The average molecular weight is 270 g/mol. The highest BCUT2D eigenvalue weighted by Crippen LogP contribution is 2.43. The fourth-order valence-corrected chi connectivity index (χ4v) is 4.41. The van der Waals surface area contributed by atoms with Crippen LogP contribution in [0.3, 0.4) is 0 Å². The zero-order valence-corrected chi connectivity index (χ0v) is 11.9. The van der Waals surface area contributed by atoms with Gasteiger partial charge in [0.1, 0.15) is 0 Å². The van der Waals surface area contributed by atoms with E-state index in [9.17, 15) is 0 Å². The molecule has 1 aromatic carbocycles. The van der Waals surface area contributed by atoms with E-state index in [1.165, 1.54) is 32.1 Å². The third-order valence-corrected chi connectivity index (χ3v) is 5.67. The average Bonchev–Trinajstić information content (AvgIpc) is 2.34. The number of rotatable bonds is 3. The Bertz CT molecular complexity index is 360. The molecule has 0 spiro atoms. The highest BCUT2D eigenvalue weighted by Gasteiger charge is 2.25. The maximum Gasteiger partial charge on any atom is 0.0562 e. The summed E-state index contributed by atoms with van der Waals surface area (Å²) in [6.45, 7) is 2.29. The van der Waals surface area contributed by atoms with Gasteiger partial charge in [-0.05, 0) is 30.9 Å². The third-order valence-electron chi connectivity index (χ3n) is 3.63. The highest BCUT2D eigenvalue weighted by molar-refractivity contribution is 8.00. The van der Waals surface area contributed by atoms with E-state index in [1.807, 2.05) is 30.0 Å². The summed E-state index contributed by atoms with van der Waals surface area (Å²) < 4.78 is 0. The molecule has 2 N–H and O–H groups in total. The van der Waals surface area contributed by atoms with Gasteiger partial charge in [0.2, 0.25) is 0 Å². The summed E-state index contributed by atoms with van der Waals surface area (Å²) in [7, 11) is 0. The second-order valence-electron chi connectivity index (χ2n) is 4.77. The lowest BCUT2D eigenvalue weighted by atomic mass is 9.87. The minimum absolute atomic E-state index is 0.691. The molecule has 1 nitrogen and oxygen atoms in total. The summed E-state index contributed by atoms with van der Waals surface area (Å²) in [5.74, 6) is 0.824. The molecule has 2 atom stereocenters. The molecule has 17 heavy (non-hydrogen) atoms.